The van der Waals surface area contributed by atoms with Crippen LogP contribution in [0, 0.1) is 17.3 Å². The number of amides is 1. The zero-order chi connectivity index (χ0) is 31.5. The van der Waals surface area contributed by atoms with E-state index in [1.165, 1.54) is 12.0 Å². The van der Waals surface area contributed by atoms with E-state index in [9.17, 15) is 34.8 Å². The molecule has 6 N–H and O–H groups in total. The molecular weight excluding hydrogens is 542 g/mol. The third-order valence-corrected chi connectivity index (χ3v) is 8.79. The lowest BCUT2D eigenvalue weighted by atomic mass is 9.57. The number of fused-ring (bicyclic) bond motifs is 3. The fourth-order valence-electron chi connectivity index (χ4n) is 6.88. The van der Waals surface area contributed by atoms with Gasteiger partial charge in [-0.3, -0.25) is 19.3 Å². The summed E-state index contributed by atoms with van der Waals surface area (Å²) in [6.45, 7) is 8.11. The Morgan fingerprint density at radius 2 is 1.86 bits per heavy atom. The van der Waals surface area contributed by atoms with Crippen molar-refractivity contribution in [3.63, 3.8) is 0 Å². The molecule has 1 amide bonds. The Labute approximate surface area is 245 Å². The second-order valence-corrected chi connectivity index (χ2v) is 13.0. The molecule has 0 unspecified atom stereocenters. The molecule has 228 valence electrons. The number of primary amides is 1. The van der Waals surface area contributed by atoms with Crippen LogP contribution in [-0.2, 0) is 32.1 Å². The molecule has 11 nitrogen and oxygen atoms in total. The van der Waals surface area contributed by atoms with Gasteiger partial charge in [-0.1, -0.05) is 25.9 Å². The van der Waals surface area contributed by atoms with Crippen molar-refractivity contribution in [2.75, 3.05) is 21.2 Å². The Morgan fingerprint density at radius 3 is 2.40 bits per heavy atom. The number of carbonyl (C=O) groups excluding carboxylic acids is 3. The molecule has 11 heteroatoms. The van der Waals surface area contributed by atoms with Gasteiger partial charge in [-0.2, -0.15) is 0 Å². The number of phenolic OH excluding ortho intramolecular Hbond substituents is 1. The predicted molar refractivity (Wildman–Crippen MR) is 156 cm³/mol. The summed E-state index contributed by atoms with van der Waals surface area (Å²) in [4.78, 5) is 46.1. The van der Waals surface area contributed by atoms with Gasteiger partial charge in [-0.05, 0) is 81.6 Å². The number of rotatable bonds is 7. The number of benzene rings is 1. The maximum absolute atomic E-state index is 14.1. The summed E-state index contributed by atoms with van der Waals surface area (Å²) < 4.78 is 0. The van der Waals surface area contributed by atoms with Gasteiger partial charge in [0.2, 0.25) is 5.78 Å². The zero-order valence-corrected chi connectivity index (χ0v) is 25.2. The quantitative estimate of drug-likeness (QED) is 0.183. The van der Waals surface area contributed by atoms with Gasteiger partial charge in [-0.15, -0.1) is 0 Å². The monoisotopic (exact) mass is 583 g/mol. The highest BCUT2D eigenvalue weighted by molar-refractivity contribution is 6.24. The van der Waals surface area contributed by atoms with E-state index in [1.807, 2.05) is 6.07 Å². The molecule has 42 heavy (non-hydrogen) atoms. The largest absolute Gasteiger partial charge is 0.508 e. The van der Waals surface area contributed by atoms with Gasteiger partial charge < -0.3 is 31.0 Å². The molecule has 1 aromatic rings. The highest BCUT2D eigenvalue weighted by Crippen LogP contribution is 2.53. The van der Waals surface area contributed by atoms with Crippen LogP contribution >= 0.6 is 0 Å². The van der Waals surface area contributed by atoms with Gasteiger partial charge in [0, 0.05) is 17.1 Å². The Hall–Kier alpha value is -3.70. The van der Waals surface area contributed by atoms with Crippen LogP contribution in [0.2, 0.25) is 0 Å². The molecule has 4 atom stereocenters. The fourth-order valence-corrected chi connectivity index (χ4v) is 6.88. The number of nitrogens with two attached hydrogens (primary N) is 1. The average Bonchev–Trinajstić information content (AvgIpc) is 2.86. The third-order valence-electron chi connectivity index (χ3n) is 8.79. The topological polar surface area (TPSA) is 183 Å². The highest BCUT2D eigenvalue weighted by Gasteiger charge is 2.64. The van der Waals surface area contributed by atoms with Gasteiger partial charge >= 0.3 is 0 Å². The Bertz CT molecular complexity index is 1450. The van der Waals surface area contributed by atoms with Crippen molar-refractivity contribution in [2.45, 2.75) is 71.4 Å². The van der Waals surface area contributed by atoms with Crippen LogP contribution in [0.15, 0.2) is 28.1 Å². The van der Waals surface area contributed by atoms with Crippen molar-refractivity contribution in [1.29, 1.82) is 0 Å². The number of nitrogens with zero attached hydrogens (tertiary/aromatic N) is 2. The molecule has 1 aromatic carbocycles. The van der Waals surface area contributed by atoms with E-state index in [2.05, 4.69) is 25.9 Å². The molecule has 3 aliphatic rings. The zero-order valence-electron chi connectivity index (χ0n) is 25.2. The van der Waals surface area contributed by atoms with Gasteiger partial charge in [0.25, 0.3) is 5.91 Å². The number of hydrogen-bond acceptors (Lipinski definition) is 10. The van der Waals surface area contributed by atoms with E-state index >= 15 is 0 Å². The van der Waals surface area contributed by atoms with Crippen molar-refractivity contribution in [1.82, 2.24) is 4.90 Å². The van der Waals surface area contributed by atoms with E-state index in [1.54, 1.807) is 21.0 Å². The van der Waals surface area contributed by atoms with Crippen LogP contribution in [-0.4, -0.2) is 81.4 Å². The Morgan fingerprint density at radius 1 is 1.21 bits per heavy atom. The van der Waals surface area contributed by atoms with Crippen molar-refractivity contribution in [2.24, 2.45) is 28.1 Å². The van der Waals surface area contributed by atoms with E-state index < -0.39 is 58.0 Å². The summed E-state index contributed by atoms with van der Waals surface area (Å²) in [6.07, 6.45) is 2.32. The van der Waals surface area contributed by atoms with E-state index in [-0.39, 0.29) is 35.1 Å². The van der Waals surface area contributed by atoms with Crippen molar-refractivity contribution in [3.05, 3.63) is 45.2 Å². The van der Waals surface area contributed by atoms with Crippen LogP contribution in [0.25, 0.3) is 5.76 Å². The molecule has 0 saturated heterocycles. The first-order valence-corrected chi connectivity index (χ1v) is 14.1. The van der Waals surface area contributed by atoms with Gasteiger partial charge in [0.1, 0.15) is 30.0 Å². The van der Waals surface area contributed by atoms with E-state index in [0.29, 0.717) is 28.8 Å². The van der Waals surface area contributed by atoms with Crippen molar-refractivity contribution < 1.29 is 39.6 Å². The first-order valence-electron chi connectivity index (χ1n) is 14.1. The number of Topliss-reactive ketones (excluding diaryl/α,β-unsaturated/α-hetero) is 2. The first-order chi connectivity index (χ1) is 19.5. The maximum Gasteiger partial charge on any atom is 0.255 e. The average molecular weight is 584 g/mol. The first kappa shape index (κ1) is 31.2. The molecular formula is C31H41N3O8. The van der Waals surface area contributed by atoms with Gasteiger partial charge in [-0.25, -0.2) is 0 Å². The summed E-state index contributed by atoms with van der Waals surface area (Å²) >= 11 is 0. The van der Waals surface area contributed by atoms with E-state index in [4.69, 9.17) is 10.6 Å². The van der Waals surface area contributed by atoms with Crippen molar-refractivity contribution in [3.8, 4) is 5.75 Å². The molecule has 0 heterocycles. The smallest absolute Gasteiger partial charge is 0.255 e. The minimum Gasteiger partial charge on any atom is -0.508 e. The number of hydrogen-bond donors (Lipinski definition) is 5. The van der Waals surface area contributed by atoms with Crippen LogP contribution in [0.1, 0.15) is 69.2 Å². The van der Waals surface area contributed by atoms with E-state index in [0.717, 1.165) is 12.8 Å². The summed E-state index contributed by atoms with van der Waals surface area (Å²) in [5.41, 5.74) is 4.07. The number of aliphatic hydroxyl groups excluding tert-OH is 2. The van der Waals surface area contributed by atoms with Crippen LogP contribution < -0.4 is 5.73 Å². The normalized spacial score (nSPS) is 26.3. The Balaban J connectivity index is 1.95. The number of ketones is 2. The molecule has 0 spiro atoms. The number of aryl methyl sites for hydroxylation is 1. The lowest BCUT2D eigenvalue weighted by Gasteiger charge is -2.50. The molecule has 0 aliphatic heterocycles. The molecule has 0 bridgehead atoms. The van der Waals surface area contributed by atoms with Gasteiger partial charge in [0.05, 0.1) is 17.3 Å². The predicted octanol–water partition coefficient (Wildman–Crippen LogP) is 2.70. The second-order valence-electron chi connectivity index (χ2n) is 13.0. The van der Waals surface area contributed by atoms with Crippen molar-refractivity contribution >= 4 is 28.9 Å². The number of oxime groups is 1. The minimum absolute atomic E-state index is 0.0137. The molecule has 4 rings (SSSR count). The van der Waals surface area contributed by atoms with Crippen LogP contribution in [0.4, 0.5) is 0 Å². The molecule has 3 aliphatic carbocycles. The molecule has 1 saturated carbocycles. The fraction of sp³-hybridized carbons (Fsp3) is 0.548. The highest BCUT2D eigenvalue weighted by atomic mass is 16.6. The Kier molecular flexibility index (Phi) is 8.07. The number of aromatic hydroxyl groups is 1. The minimum atomic E-state index is -2.68. The lowest BCUT2D eigenvalue weighted by molar-refractivity contribution is -0.153. The second kappa shape index (κ2) is 10.9. The summed E-state index contributed by atoms with van der Waals surface area (Å²) in [5.74, 6) is -6.72. The molecule has 1 fully saturated rings. The van der Waals surface area contributed by atoms with Crippen LogP contribution in [0.5, 0.6) is 5.75 Å². The van der Waals surface area contributed by atoms with Gasteiger partial charge in [0.15, 0.2) is 11.4 Å². The number of likely N-dealkylation sites (N-methyl/N-ethyl adjacent to an activating group) is 1. The molecule has 0 aromatic heterocycles. The molecule has 0 radical (unpaired) electrons. The standard InChI is InChI=1S/C31H41N3O8/c1-14(33-42-7)17-11-15(9-8-10-30(2,3)4)24(35)21-18(17)12-16-13-19-23(34(5)6)26(37)22(29(32)40)28(39)31(19,41)27(38)20(16)25(21)36/h11,16,19,23,35-36,39,41H,8-10,12-13H2,1-7H3,(H2,32,40)/b33-14+/t16-,19-,23-,31-/m0/s1. The summed E-state index contributed by atoms with van der Waals surface area (Å²) in [7, 11) is 4.54. The third kappa shape index (κ3) is 4.88. The van der Waals surface area contributed by atoms with Crippen LogP contribution in [0.3, 0.4) is 0 Å². The summed E-state index contributed by atoms with van der Waals surface area (Å²) in [5, 5.41) is 50.1. The maximum atomic E-state index is 14.1. The SMILES string of the molecule is CO/N=C(\C)c1cc(CCCC(C)(C)C)c(O)c2c1C[C@H]1C[C@H]3[C@H](N(C)C)C(=O)C(C(N)=O)=C(O)[C@@]3(O)C(=O)C1=C2O. The number of aliphatic hydroxyl groups is 3. The number of carbonyl (C=O) groups is 3. The summed E-state index contributed by atoms with van der Waals surface area (Å²) in [6, 6.07) is 0.686. The number of phenols is 1. The lowest BCUT2D eigenvalue weighted by Crippen LogP contribution is -2.65.